The largest absolute Gasteiger partial charge is 0.416 e. The van der Waals surface area contributed by atoms with Gasteiger partial charge in [-0.15, -0.1) is 0 Å². The average Bonchev–Trinajstić information content (AvgIpc) is 3.28. The monoisotopic (exact) mass is 377 g/mol. The van der Waals surface area contributed by atoms with Gasteiger partial charge < -0.3 is 9.88 Å². The number of hydrogen-bond donors (Lipinski definition) is 1. The van der Waals surface area contributed by atoms with Crippen molar-refractivity contribution in [1.82, 2.24) is 14.9 Å². The highest BCUT2D eigenvalue weighted by Crippen LogP contribution is 2.52. The van der Waals surface area contributed by atoms with E-state index in [-0.39, 0.29) is 28.9 Å². The van der Waals surface area contributed by atoms with Crippen LogP contribution >= 0.6 is 0 Å². The minimum Gasteiger partial charge on any atom is -0.342 e. The molecule has 4 rings (SSSR count). The minimum absolute atomic E-state index is 0.0532. The van der Waals surface area contributed by atoms with E-state index in [9.17, 15) is 22.8 Å². The first-order valence-electron chi connectivity index (χ1n) is 8.84. The molecular formula is C19H18F3N3O2. The van der Waals surface area contributed by atoms with Crippen molar-refractivity contribution in [2.75, 3.05) is 13.1 Å². The van der Waals surface area contributed by atoms with Gasteiger partial charge in [0.2, 0.25) is 5.91 Å². The van der Waals surface area contributed by atoms with Crippen LogP contribution in [-0.4, -0.2) is 33.9 Å². The van der Waals surface area contributed by atoms with Crippen molar-refractivity contribution < 1.29 is 18.0 Å². The maximum absolute atomic E-state index is 13.2. The van der Waals surface area contributed by atoms with E-state index in [0.717, 1.165) is 6.07 Å². The summed E-state index contributed by atoms with van der Waals surface area (Å²) in [5, 5.41) is 0. The Bertz CT molecular complexity index is 925. The molecule has 1 aromatic carbocycles. The first-order chi connectivity index (χ1) is 12.8. The second-order valence-electron chi connectivity index (χ2n) is 7.12. The second kappa shape index (κ2) is 6.51. The predicted octanol–water partition coefficient (Wildman–Crippen LogP) is 2.91. The summed E-state index contributed by atoms with van der Waals surface area (Å²) in [6.45, 7) is 0.947. The summed E-state index contributed by atoms with van der Waals surface area (Å²) in [6, 6.07) is 6.80. The molecular weight excluding hydrogens is 359 g/mol. The number of carbonyl (C=O) groups excluding carboxylic acids is 1. The quantitative estimate of drug-likeness (QED) is 0.895. The van der Waals surface area contributed by atoms with Gasteiger partial charge in [-0.05, 0) is 30.4 Å². The van der Waals surface area contributed by atoms with Crippen LogP contribution in [0.3, 0.4) is 0 Å². The number of H-pyrrole nitrogens is 1. The van der Waals surface area contributed by atoms with Crippen molar-refractivity contribution >= 4 is 5.91 Å². The number of aromatic nitrogens is 2. The first kappa shape index (κ1) is 17.8. The molecule has 1 saturated carbocycles. The number of aromatic amines is 1. The zero-order valence-corrected chi connectivity index (χ0v) is 14.4. The van der Waals surface area contributed by atoms with Crippen molar-refractivity contribution in [3.63, 3.8) is 0 Å². The predicted molar refractivity (Wildman–Crippen MR) is 91.1 cm³/mol. The SMILES string of the molecule is O=C([C@@H]1C[C@H]1c1ccccc1C(F)(F)F)N1CCC(c2nccc(=O)[nH]2)C1. The van der Waals surface area contributed by atoms with Crippen LogP contribution < -0.4 is 5.56 Å². The Morgan fingerprint density at radius 1 is 1.22 bits per heavy atom. The molecule has 0 bridgehead atoms. The number of carbonyl (C=O) groups is 1. The summed E-state index contributed by atoms with van der Waals surface area (Å²) < 4.78 is 39.6. The highest BCUT2D eigenvalue weighted by molar-refractivity contribution is 5.83. The van der Waals surface area contributed by atoms with Gasteiger partial charge in [-0.3, -0.25) is 9.59 Å². The molecule has 5 nitrogen and oxygen atoms in total. The lowest BCUT2D eigenvalue weighted by Gasteiger charge is -2.17. The van der Waals surface area contributed by atoms with Crippen LogP contribution in [0.4, 0.5) is 13.2 Å². The molecule has 1 aliphatic carbocycles. The van der Waals surface area contributed by atoms with Crippen LogP contribution in [0.15, 0.2) is 41.3 Å². The zero-order valence-electron chi connectivity index (χ0n) is 14.4. The van der Waals surface area contributed by atoms with E-state index >= 15 is 0 Å². The van der Waals surface area contributed by atoms with Gasteiger partial charge >= 0.3 is 6.18 Å². The Hall–Kier alpha value is -2.64. The van der Waals surface area contributed by atoms with E-state index in [1.54, 1.807) is 11.0 Å². The van der Waals surface area contributed by atoms with Crippen LogP contribution in [-0.2, 0) is 11.0 Å². The topological polar surface area (TPSA) is 66.1 Å². The zero-order chi connectivity index (χ0) is 19.2. The molecule has 1 aliphatic heterocycles. The molecule has 1 aromatic heterocycles. The van der Waals surface area contributed by atoms with Crippen molar-refractivity contribution in [1.29, 1.82) is 0 Å². The normalized spacial score (nSPS) is 24.9. The van der Waals surface area contributed by atoms with Gasteiger partial charge in [-0.25, -0.2) is 4.98 Å². The van der Waals surface area contributed by atoms with Gasteiger partial charge in [0.15, 0.2) is 0 Å². The van der Waals surface area contributed by atoms with E-state index in [2.05, 4.69) is 9.97 Å². The molecule has 1 N–H and O–H groups in total. The molecule has 0 radical (unpaired) electrons. The Labute approximate surface area is 153 Å². The maximum Gasteiger partial charge on any atom is 0.416 e. The number of hydrogen-bond acceptors (Lipinski definition) is 3. The van der Waals surface area contributed by atoms with Crippen LogP contribution in [0.25, 0.3) is 0 Å². The van der Waals surface area contributed by atoms with Gasteiger partial charge in [0.1, 0.15) is 5.82 Å². The fourth-order valence-electron chi connectivity index (χ4n) is 3.90. The van der Waals surface area contributed by atoms with E-state index in [1.165, 1.54) is 24.4 Å². The average molecular weight is 377 g/mol. The van der Waals surface area contributed by atoms with Gasteiger partial charge in [-0.2, -0.15) is 13.2 Å². The van der Waals surface area contributed by atoms with Gasteiger partial charge in [0.05, 0.1) is 5.56 Å². The summed E-state index contributed by atoms with van der Waals surface area (Å²) in [6.07, 6.45) is -1.87. The number of benzene rings is 1. The van der Waals surface area contributed by atoms with E-state index in [1.807, 2.05) is 0 Å². The maximum atomic E-state index is 13.2. The van der Waals surface area contributed by atoms with Crippen molar-refractivity contribution in [2.24, 2.45) is 5.92 Å². The lowest BCUT2D eigenvalue weighted by Crippen LogP contribution is -2.30. The van der Waals surface area contributed by atoms with Gasteiger partial charge in [0.25, 0.3) is 5.56 Å². The molecule has 2 aromatic rings. The van der Waals surface area contributed by atoms with Gasteiger partial charge in [-0.1, -0.05) is 18.2 Å². The number of halogens is 3. The smallest absolute Gasteiger partial charge is 0.342 e. The lowest BCUT2D eigenvalue weighted by atomic mass is 10.0. The van der Waals surface area contributed by atoms with Crippen LogP contribution in [0, 0.1) is 5.92 Å². The minimum atomic E-state index is -4.42. The Kier molecular flexibility index (Phi) is 4.28. The number of amides is 1. The molecule has 27 heavy (non-hydrogen) atoms. The van der Waals surface area contributed by atoms with Crippen molar-refractivity contribution in [2.45, 2.75) is 30.9 Å². The fraction of sp³-hybridized carbons (Fsp3) is 0.421. The van der Waals surface area contributed by atoms with E-state index < -0.39 is 17.7 Å². The number of alkyl halides is 3. The molecule has 1 amide bonds. The fourth-order valence-corrected chi connectivity index (χ4v) is 3.90. The van der Waals surface area contributed by atoms with Crippen LogP contribution in [0.2, 0.25) is 0 Å². The number of likely N-dealkylation sites (tertiary alicyclic amines) is 1. The van der Waals surface area contributed by atoms with Crippen LogP contribution in [0.1, 0.15) is 41.6 Å². The van der Waals surface area contributed by atoms with Crippen molar-refractivity contribution in [3.05, 3.63) is 63.8 Å². The second-order valence-corrected chi connectivity index (χ2v) is 7.12. The standard InChI is InChI=1S/C19H18F3N3O2/c20-19(21,22)15-4-2-1-3-12(15)13-9-14(13)18(27)25-8-6-11(10-25)17-23-7-5-16(26)24-17/h1-5,7,11,13-14H,6,8-10H2,(H,23,24,26)/t11?,13-,14+/m0/s1. The third-order valence-electron chi connectivity index (χ3n) is 5.35. The molecule has 2 heterocycles. The Balaban J connectivity index is 1.45. The summed E-state index contributed by atoms with van der Waals surface area (Å²) >= 11 is 0. The summed E-state index contributed by atoms with van der Waals surface area (Å²) in [4.78, 5) is 32.7. The molecule has 2 fully saturated rings. The summed E-state index contributed by atoms with van der Waals surface area (Å²) in [5.74, 6) is -0.410. The molecule has 2 aliphatic rings. The van der Waals surface area contributed by atoms with Crippen LogP contribution in [0.5, 0.6) is 0 Å². The molecule has 142 valence electrons. The number of nitrogens with one attached hydrogen (secondary N) is 1. The van der Waals surface area contributed by atoms with Gasteiger partial charge in [0, 0.05) is 37.2 Å². The summed E-state index contributed by atoms with van der Waals surface area (Å²) in [7, 11) is 0. The molecule has 0 spiro atoms. The lowest BCUT2D eigenvalue weighted by molar-refractivity contribution is -0.138. The molecule has 1 saturated heterocycles. The third kappa shape index (κ3) is 3.48. The Morgan fingerprint density at radius 3 is 2.74 bits per heavy atom. The summed E-state index contributed by atoms with van der Waals surface area (Å²) in [5.41, 5.74) is -0.695. The molecule has 1 unspecified atom stereocenters. The molecule has 8 heteroatoms. The van der Waals surface area contributed by atoms with E-state index in [0.29, 0.717) is 31.8 Å². The highest BCUT2D eigenvalue weighted by Gasteiger charge is 2.49. The number of nitrogens with zero attached hydrogens (tertiary/aromatic N) is 2. The Morgan fingerprint density at radius 2 is 2.00 bits per heavy atom. The van der Waals surface area contributed by atoms with Crippen molar-refractivity contribution in [3.8, 4) is 0 Å². The highest BCUT2D eigenvalue weighted by atomic mass is 19.4. The molecule has 3 atom stereocenters. The number of rotatable bonds is 3. The first-order valence-corrected chi connectivity index (χ1v) is 8.84. The van der Waals surface area contributed by atoms with E-state index in [4.69, 9.17) is 0 Å². The third-order valence-corrected chi connectivity index (χ3v) is 5.35.